The Morgan fingerprint density at radius 3 is 2.57 bits per heavy atom. The molecule has 0 saturated heterocycles. The van der Waals surface area contributed by atoms with Crippen LogP contribution < -0.4 is 5.32 Å². The fraction of sp³-hybridized carbons (Fsp3) is 0. The number of phenols is 1. The minimum Gasteiger partial charge on any atom is -0.508 e. The van der Waals surface area contributed by atoms with Gasteiger partial charge in [-0.3, -0.25) is 14.9 Å². The number of aromatic hydroxyl groups is 1. The highest BCUT2D eigenvalue weighted by Crippen LogP contribution is 2.30. The first kappa shape index (κ1) is 15.5. The number of nitro benzene ring substituents is 1. The van der Waals surface area contributed by atoms with Crippen molar-refractivity contribution in [3.63, 3.8) is 0 Å². The van der Waals surface area contributed by atoms with Crippen LogP contribution in [0.25, 0.3) is 0 Å². The van der Waals surface area contributed by atoms with Crippen molar-refractivity contribution in [2.45, 2.75) is 0 Å². The van der Waals surface area contributed by atoms with Crippen LogP contribution in [0, 0.1) is 10.1 Å². The van der Waals surface area contributed by atoms with Crippen molar-refractivity contribution in [2.75, 3.05) is 5.32 Å². The first-order valence-electron chi connectivity index (χ1n) is 5.62. The Balaban J connectivity index is 2.36. The van der Waals surface area contributed by atoms with Crippen LogP contribution in [0.1, 0.15) is 10.4 Å². The van der Waals surface area contributed by atoms with E-state index in [0.717, 1.165) is 6.07 Å². The molecule has 0 unspecified atom stereocenters. The van der Waals surface area contributed by atoms with E-state index >= 15 is 0 Å². The van der Waals surface area contributed by atoms with Crippen molar-refractivity contribution in [3.05, 3.63) is 61.0 Å². The van der Waals surface area contributed by atoms with Gasteiger partial charge in [0, 0.05) is 8.95 Å². The molecule has 2 aromatic carbocycles. The molecule has 0 aliphatic rings. The maximum atomic E-state index is 12.2. The maximum Gasteiger partial charge on any atom is 0.296 e. The second kappa shape index (κ2) is 6.23. The van der Waals surface area contributed by atoms with E-state index in [0.29, 0.717) is 14.5 Å². The van der Waals surface area contributed by atoms with Gasteiger partial charge in [-0.15, -0.1) is 0 Å². The normalized spacial score (nSPS) is 10.2. The Kier molecular flexibility index (Phi) is 4.59. The minimum atomic E-state index is -0.675. The molecule has 0 aromatic heterocycles. The van der Waals surface area contributed by atoms with Gasteiger partial charge in [-0.1, -0.05) is 15.9 Å². The summed E-state index contributed by atoms with van der Waals surface area (Å²) in [5, 5.41) is 22.7. The molecule has 21 heavy (non-hydrogen) atoms. The molecule has 0 atom stereocenters. The molecular formula is C13H8Br2N2O4. The van der Waals surface area contributed by atoms with Crippen molar-refractivity contribution in [3.8, 4) is 5.75 Å². The van der Waals surface area contributed by atoms with E-state index in [-0.39, 0.29) is 17.1 Å². The lowest BCUT2D eigenvalue weighted by atomic mass is 10.2. The second-order valence-corrected chi connectivity index (χ2v) is 5.81. The summed E-state index contributed by atoms with van der Waals surface area (Å²) < 4.78 is 1.26. The van der Waals surface area contributed by atoms with Crippen LogP contribution in [0.4, 0.5) is 11.4 Å². The van der Waals surface area contributed by atoms with Gasteiger partial charge in [0.15, 0.2) is 0 Å². The van der Waals surface area contributed by atoms with Gasteiger partial charge in [-0.2, -0.15) is 0 Å². The van der Waals surface area contributed by atoms with E-state index < -0.39 is 10.8 Å². The Hall–Kier alpha value is -1.93. The zero-order valence-electron chi connectivity index (χ0n) is 10.3. The number of hydrogen-bond acceptors (Lipinski definition) is 4. The molecule has 2 aromatic rings. The molecule has 0 bridgehead atoms. The monoisotopic (exact) mass is 414 g/mol. The number of amides is 1. The van der Waals surface area contributed by atoms with E-state index in [9.17, 15) is 20.0 Å². The summed E-state index contributed by atoms with van der Waals surface area (Å²) in [6.07, 6.45) is 0. The number of nitrogens with zero attached hydrogens (tertiary/aromatic N) is 1. The van der Waals surface area contributed by atoms with Gasteiger partial charge in [0.2, 0.25) is 0 Å². The first-order chi connectivity index (χ1) is 9.88. The highest BCUT2D eigenvalue weighted by atomic mass is 79.9. The highest BCUT2D eigenvalue weighted by Gasteiger charge is 2.18. The number of anilines is 1. The molecule has 8 heteroatoms. The average Bonchev–Trinajstić information content (AvgIpc) is 2.43. The van der Waals surface area contributed by atoms with Crippen molar-refractivity contribution in [1.29, 1.82) is 0 Å². The summed E-state index contributed by atoms with van der Waals surface area (Å²) in [4.78, 5) is 22.5. The summed E-state index contributed by atoms with van der Waals surface area (Å²) in [5.41, 5.74) is -0.0455. The molecule has 2 N–H and O–H groups in total. The summed E-state index contributed by atoms with van der Waals surface area (Å²) >= 11 is 6.50. The molecule has 0 aliphatic heterocycles. The number of phenolic OH excluding ortho intramolecular Hbond substituents is 1. The van der Waals surface area contributed by atoms with Gasteiger partial charge in [-0.25, -0.2) is 0 Å². The SMILES string of the molecule is O=C(Nc1ccc(O)cc1[N+](=O)[O-])c1cc(Br)ccc1Br. The van der Waals surface area contributed by atoms with Gasteiger partial charge in [0.1, 0.15) is 11.4 Å². The number of halogens is 2. The van der Waals surface area contributed by atoms with Gasteiger partial charge < -0.3 is 10.4 Å². The fourth-order valence-corrected chi connectivity index (χ4v) is 2.43. The molecule has 0 heterocycles. The van der Waals surface area contributed by atoms with Crippen LogP contribution in [-0.2, 0) is 0 Å². The number of nitro groups is 1. The van der Waals surface area contributed by atoms with E-state index in [2.05, 4.69) is 37.2 Å². The van der Waals surface area contributed by atoms with Gasteiger partial charge >= 0.3 is 0 Å². The molecule has 0 saturated carbocycles. The highest BCUT2D eigenvalue weighted by molar-refractivity contribution is 9.11. The first-order valence-corrected chi connectivity index (χ1v) is 7.21. The van der Waals surface area contributed by atoms with Crippen LogP contribution in [-0.4, -0.2) is 15.9 Å². The van der Waals surface area contributed by atoms with Crippen LogP contribution >= 0.6 is 31.9 Å². The molecule has 0 radical (unpaired) electrons. The van der Waals surface area contributed by atoms with E-state index in [1.807, 2.05) is 0 Å². The van der Waals surface area contributed by atoms with Crippen LogP contribution in [0.15, 0.2) is 45.3 Å². The van der Waals surface area contributed by atoms with Gasteiger partial charge in [0.25, 0.3) is 11.6 Å². The molecule has 0 spiro atoms. The predicted molar refractivity (Wildman–Crippen MR) is 84.6 cm³/mol. The largest absolute Gasteiger partial charge is 0.508 e. The smallest absolute Gasteiger partial charge is 0.296 e. The van der Waals surface area contributed by atoms with Crippen LogP contribution in [0.5, 0.6) is 5.75 Å². The third-order valence-electron chi connectivity index (χ3n) is 2.60. The van der Waals surface area contributed by atoms with Crippen molar-refractivity contribution < 1.29 is 14.8 Å². The third-order valence-corrected chi connectivity index (χ3v) is 3.78. The Bertz CT molecular complexity index is 734. The third kappa shape index (κ3) is 3.59. The van der Waals surface area contributed by atoms with Crippen molar-refractivity contribution in [1.82, 2.24) is 0 Å². The Morgan fingerprint density at radius 1 is 1.19 bits per heavy atom. The zero-order valence-corrected chi connectivity index (χ0v) is 13.5. The maximum absolute atomic E-state index is 12.2. The zero-order chi connectivity index (χ0) is 15.6. The van der Waals surface area contributed by atoms with Gasteiger partial charge in [-0.05, 0) is 46.3 Å². The molecule has 0 aliphatic carbocycles. The minimum absolute atomic E-state index is 0.00896. The lowest BCUT2D eigenvalue weighted by Gasteiger charge is -2.08. The number of rotatable bonds is 3. The fourth-order valence-electron chi connectivity index (χ4n) is 1.64. The number of carbonyl (C=O) groups is 1. The van der Waals surface area contributed by atoms with Crippen molar-refractivity contribution >= 4 is 49.1 Å². The summed E-state index contributed by atoms with van der Waals surface area (Å²) in [5.74, 6) is -0.750. The Morgan fingerprint density at radius 2 is 1.90 bits per heavy atom. The summed E-state index contributed by atoms with van der Waals surface area (Å²) in [6.45, 7) is 0. The lowest BCUT2D eigenvalue weighted by molar-refractivity contribution is -0.384. The van der Waals surface area contributed by atoms with E-state index in [4.69, 9.17) is 0 Å². The summed E-state index contributed by atoms with van der Waals surface area (Å²) in [6, 6.07) is 8.54. The molecule has 6 nitrogen and oxygen atoms in total. The summed E-state index contributed by atoms with van der Waals surface area (Å²) in [7, 11) is 0. The van der Waals surface area contributed by atoms with E-state index in [1.165, 1.54) is 12.1 Å². The number of benzene rings is 2. The number of nitrogens with one attached hydrogen (secondary N) is 1. The number of carbonyl (C=O) groups excluding carboxylic acids is 1. The molecule has 2 rings (SSSR count). The van der Waals surface area contributed by atoms with Crippen LogP contribution in [0.3, 0.4) is 0 Å². The van der Waals surface area contributed by atoms with Gasteiger partial charge in [0.05, 0.1) is 16.6 Å². The molecule has 1 amide bonds. The average molecular weight is 416 g/mol. The molecule has 0 fully saturated rings. The van der Waals surface area contributed by atoms with E-state index in [1.54, 1.807) is 18.2 Å². The number of hydrogen-bond donors (Lipinski definition) is 2. The van der Waals surface area contributed by atoms with Crippen LogP contribution in [0.2, 0.25) is 0 Å². The molecule has 108 valence electrons. The quantitative estimate of drug-likeness (QED) is 0.448. The standard InChI is InChI=1S/C13H8Br2N2O4/c14-7-1-3-10(15)9(5-7)13(19)16-11-4-2-8(18)6-12(11)17(20)21/h1-6,18H,(H,16,19). The Labute approximate surface area is 136 Å². The second-order valence-electron chi connectivity index (χ2n) is 4.04. The molecular weight excluding hydrogens is 408 g/mol. The lowest BCUT2D eigenvalue weighted by Crippen LogP contribution is -2.13. The van der Waals surface area contributed by atoms with Crippen molar-refractivity contribution in [2.24, 2.45) is 0 Å². The predicted octanol–water partition coefficient (Wildman–Crippen LogP) is 4.08. The topological polar surface area (TPSA) is 92.5 Å².